The number of hydrogen-bond donors (Lipinski definition) is 1. The summed E-state index contributed by atoms with van der Waals surface area (Å²) in [6.07, 6.45) is 4.91. The molecule has 0 spiro atoms. The van der Waals surface area contributed by atoms with E-state index in [2.05, 4.69) is 0 Å². The van der Waals surface area contributed by atoms with Crippen LogP contribution in [0.15, 0.2) is 18.2 Å². The third kappa shape index (κ3) is 2.09. The summed E-state index contributed by atoms with van der Waals surface area (Å²) in [5.41, 5.74) is 8.79. The van der Waals surface area contributed by atoms with Crippen molar-refractivity contribution < 1.29 is 4.39 Å². The average molecular weight is 273 g/mol. The molecular weight excluding hydrogens is 253 g/mol. The van der Waals surface area contributed by atoms with Gasteiger partial charge in [-0.3, -0.25) is 0 Å². The minimum absolute atomic E-state index is 0.225. The van der Waals surface area contributed by atoms with Crippen LogP contribution in [-0.2, 0) is 7.05 Å². The topological polar surface area (TPSA) is 43.8 Å². The summed E-state index contributed by atoms with van der Waals surface area (Å²) in [6.45, 7) is 1.89. The molecule has 2 N–H and O–H groups in total. The molecule has 1 aromatic carbocycles. The molecule has 1 saturated carbocycles. The van der Waals surface area contributed by atoms with Crippen molar-refractivity contribution >= 4 is 5.82 Å². The monoisotopic (exact) mass is 273 g/mol. The molecule has 0 aliphatic heterocycles. The zero-order chi connectivity index (χ0) is 14.3. The smallest absolute Gasteiger partial charge is 0.131 e. The van der Waals surface area contributed by atoms with Crippen LogP contribution in [0.4, 0.5) is 10.2 Å². The van der Waals surface area contributed by atoms with Gasteiger partial charge in [-0.1, -0.05) is 12.8 Å². The highest BCUT2D eigenvalue weighted by atomic mass is 19.1. The molecule has 0 unspecified atom stereocenters. The maximum Gasteiger partial charge on any atom is 0.131 e. The van der Waals surface area contributed by atoms with Crippen LogP contribution in [0.2, 0.25) is 0 Å². The molecule has 106 valence electrons. The summed E-state index contributed by atoms with van der Waals surface area (Å²) in [6, 6.07) is 4.76. The molecule has 0 bridgehead atoms. The number of anilines is 1. The number of nitrogens with two attached hydrogens (primary N) is 1. The van der Waals surface area contributed by atoms with Gasteiger partial charge < -0.3 is 10.3 Å². The van der Waals surface area contributed by atoms with Crippen LogP contribution in [0.5, 0.6) is 0 Å². The molecule has 1 fully saturated rings. The van der Waals surface area contributed by atoms with E-state index in [0.717, 1.165) is 22.6 Å². The molecule has 0 radical (unpaired) electrons. The van der Waals surface area contributed by atoms with Crippen LogP contribution in [-0.4, -0.2) is 9.55 Å². The van der Waals surface area contributed by atoms with E-state index in [1.54, 1.807) is 6.07 Å². The molecule has 3 rings (SSSR count). The summed E-state index contributed by atoms with van der Waals surface area (Å²) in [7, 11) is 1.97. The van der Waals surface area contributed by atoms with Crippen molar-refractivity contribution in [2.24, 2.45) is 7.05 Å². The van der Waals surface area contributed by atoms with Crippen LogP contribution in [0.1, 0.15) is 43.0 Å². The fourth-order valence-electron chi connectivity index (χ4n) is 3.17. The lowest BCUT2D eigenvalue weighted by molar-refractivity contribution is 0.627. The molecule has 0 saturated heterocycles. The lowest BCUT2D eigenvalue weighted by Crippen LogP contribution is -2.05. The van der Waals surface area contributed by atoms with Crippen LogP contribution in [0.25, 0.3) is 11.3 Å². The van der Waals surface area contributed by atoms with Crippen molar-refractivity contribution in [3.8, 4) is 11.3 Å². The Kier molecular flexibility index (Phi) is 3.24. The van der Waals surface area contributed by atoms with Crippen LogP contribution in [0.3, 0.4) is 0 Å². The van der Waals surface area contributed by atoms with Crippen molar-refractivity contribution in [3.63, 3.8) is 0 Å². The molecule has 1 aliphatic rings. The normalized spacial score (nSPS) is 15.9. The number of nitrogens with zero attached hydrogens (tertiary/aromatic N) is 2. The number of hydrogen-bond acceptors (Lipinski definition) is 2. The van der Waals surface area contributed by atoms with Gasteiger partial charge in [-0.15, -0.1) is 0 Å². The number of rotatable bonds is 2. The summed E-state index contributed by atoms with van der Waals surface area (Å²) >= 11 is 0. The second kappa shape index (κ2) is 4.93. The molecule has 0 atom stereocenters. The van der Waals surface area contributed by atoms with E-state index in [4.69, 9.17) is 10.7 Å². The summed E-state index contributed by atoms with van der Waals surface area (Å²) < 4.78 is 15.2. The van der Waals surface area contributed by atoms with Crippen molar-refractivity contribution in [2.45, 2.75) is 38.5 Å². The highest BCUT2D eigenvalue weighted by molar-refractivity contribution is 5.73. The van der Waals surface area contributed by atoms with Gasteiger partial charge in [0.1, 0.15) is 23.2 Å². The second-order valence-electron chi connectivity index (χ2n) is 5.70. The first-order chi connectivity index (χ1) is 9.58. The minimum Gasteiger partial charge on any atom is -0.383 e. The first kappa shape index (κ1) is 13.2. The maximum atomic E-state index is 13.2. The van der Waals surface area contributed by atoms with Crippen LogP contribution in [0, 0.1) is 12.7 Å². The predicted molar refractivity (Wildman–Crippen MR) is 79.0 cm³/mol. The zero-order valence-corrected chi connectivity index (χ0v) is 12.0. The molecule has 2 aromatic rings. The molecule has 4 heteroatoms. The largest absolute Gasteiger partial charge is 0.383 e. The number of aryl methyl sites for hydroxylation is 1. The first-order valence-corrected chi connectivity index (χ1v) is 7.16. The maximum absolute atomic E-state index is 13.2. The third-order valence-electron chi connectivity index (χ3n) is 4.34. The Labute approximate surface area is 118 Å². The van der Waals surface area contributed by atoms with Gasteiger partial charge in [0.05, 0.1) is 0 Å². The Balaban J connectivity index is 2.07. The molecule has 0 amide bonds. The van der Waals surface area contributed by atoms with Gasteiger partial charge in [-0.25, -0.2) is 9.37 Å². The highest BCUT2D eigenvalue weighted by Crippen LogP contribution is 2.37. The zero-order valence-electron chi connectivity index (χ0n) is 12.0. The van der Waals surface area contributed by atoms with Crippen molar-refractivity contribution in [3.05, 3.63) is 35.4 Å². The van der Waals surface area contributed by atoms with E-state index in [1.807, 2.05) is 18.5 Å². The summed E-state index contributed by atoms with van der Waals surface area (Å²) in [5, 5.41) is 0. The standard InChI is InChI=1S/C16H20FN3/c1-10-9-12(17)7-8-13(10)14-15(18)20(2)16(19-14)11-5-3-4-6-11/h7-9,11H,3-6,18H2,1-2H3. The molecule has 1 heterocycles. The van der Waals surface area contributed by atoms with E-state index in [1.165, 1.54) is 37.8 Å². The number of imidazole rings is 1. The van der Waals surface area contributed by atoms with Gasteiger partial charge in [0.25, 0.3) is 0 Å². The van der Waals surface area contributed by atoms with Gasteiger partial charge in [0.15, 0.2) is 0 Å². The summed E-state index contributed by atoms with van der Waals surface area (Å²) in [4.78, 5) is 4.77. The number of aromatic nitrogens is 2. The van der Waals surface area contributed by atoms with E-state index >= 15 is 0 Å². The van der Waals surface area contributed by atoms with Crippen LogP contribution >= 0.6 is 0 Å². The third-order valence-corrected chi connectivity index (χ3v) is 4.34. The quantitative estimate of drug-likeness (QED) is 0.905. The predicted octanol–water partition coefficient (Wildman–Crippen LogP) is 3.77. The average Bonchev–Trinajstić information content (AvgIpc) is 3.01. The summed E-state index contributed by atoms with van der Waals surface area (Å²) in [5.74, 6) is 2.02. The Morgan fingerprint density at radius 1 is 1.30 bits per heavy atom. The Morgan fingerprint density at radius 3 is 2.65 bits per heavy atom. The Bertz CT molecular complexity index is 639. The van der Waals surface area contributed by atoms with E-state index in [9.17, 15) is 4.39 Å². The lowest BCUT2D eigenvalue weighted by Gasteiger charge is -2.08. The van der Waals surface area contributed by atoms with E-state index in [-0.39, 0.29) is 5.82 Å². The minimum atomic E-state index is -0.225. The van der Waals surface area contributed by atoms with Gasteiger partial charge in [0.2, 0.25) is 0 Å². The van der Waals surface area contributed by atoms with Gasteiger partial charge >= 0.3 is 0 Å². The van der Waals surface area contributed by atoms with Crippen molar-refractivity contribution in [2.75, 3.05) is 5.73 Å². The Morgan fingerprint density at radius 2 is 2.00 bits per heavy atom. The van der Waals surface area contributed by atoms with Gasteiger partial charge in [-0.05, 0) is 43.5 Å². The second-order valence-corrected chi connectivity index (χ2v) is 5.70. The number of benzene rings is 1. The first-order valence-electron chi connectivity index (χ1n) is 7.16. The van der Waals surface area contributed by atoms with E-state index < -0.39 is 0 Å². The fourth-order valence-corrected chi connectivity index (χ4v) is 3.17. The molecular formula is C16H20FN3. The van der Waals surface area contributed by atoms with Crippen LogP contribution < -0.4 is 5.73 Å². The molecule has 1 aliphatic carbocycles. The van der Waals surface area contributed by atoms with Crippen molar-refractivity contribution in [1.29, 1.82) is 0 Å². The number of nitrogen functional groups attached to an aromatic ring is 1. The molecule has 3 nitrogen and oxygen atoms in total. The van der Waals surface area contributed by atoms with Gasteiger partial charge in [0, 0.05) is 18.5 Å². The fraction of sp³-hybridized carbons (Fsp3) is 0.438. The van der Waals surface area contributed by atoms with E-state index in [0.29, 0.717) is 11.7 Å². The lowest BCUT2D eigenvalue weighted by atomic mass is 10.1. The number of halogens is 1. The highest BCUT2D eigenvalue weighted by Gasteiger charge is 2.24. The van der Waals surface area contributed by atoms with Gasteiger partial charge in [-0.2, -0.15) is 0 Å². The Hall–Kier alpha value is -1.84. The molecule has 20 heavy (non-hydrogen) atoms. The van der Waals surface area contributed by atoms with Crippen molar-refractivity contribution in [1.82, 2.24) is 9.55 Å². The molecule has 1 aromatic heterocycles. The SMILES string of the molecule is Cc1cc(F)ccc1-c1nc(C2CCCC2)n(C)c1N.